The maximum absolute atomic E-state index is 11.4. The molecule has 0 radical (unpaired) electrons. The second-order valence-corrected chi connectivity index (χ2v) is 4.23. The fourth-order valence-corrected chi connectivity index (χ4v) is 1.88. The summed E-state index contributed by atoms with van der Waals surface area (Å²) in [6.45, 7) is 1.69. The van der Waals surface area contributed by atoms with E-state index < -0.39 is 5.60 Å². The first kappa shape index (κ1) is 10.1. The number of nitrogens with zero attached hydrogens (tertiary/aromatic N) is 1. The van der Waals surface area contributed by atoms with Crippen LogP contribution in [0, 0.1) is 0 Å². The number of aliphatic hydroxyl groups is 1. The molecule has 0 spiro atoms. The van der Waals surface area contributed by atoms with Crippen LogP contribution in [-0.4, -0.2) is 21.5 Å². The molecule has 0 amide bonds. The second-order valence-electron chi connectivity index (χ2n) is 4.23. The van der Waals surface area contributed by atoms with Gasteiger partial charge in [-0.05, 0) is 30.2 Å². The SMILES string of the molecule is C[C@]1(O)CC(=O)C=C(c2cccnc2)C1. The van der Waals surface area contributed by atoms with Gasteiger partial charge in [-0.2, -0.15) is 0 Å². The lowest BCUT2D eigenvalue weighted by Crippen LogP contribution is -2.30. The quantitative estimate of drug-likeness (QED) is 0.753. The molecule has 1 aliphatic carbocycles. The molecule has 15 heavy (non-hydrogen) atoms. The minimum Gasteiger partial charge on any atom is -0.389 e. The van der Waals surface area contributed by atoms with Crippen molar-refractivity contribution in [2.45, 2.75) is 25.4 Å². The van der Waals surface area contributed by atoms with Gasteiger partial charge in [-0.15, -0.1) is 0 Å². The predicted molar refractivity (Wildman–Crippen MR) is 57.1 cm³/mol. The zero-order valence-corrected chi connectivity index (χ0v) is 8.60. The Morgan fingerprint density at radius 3 is 2.87 bits per heavy atom. The van der Waals surface area contributed by atoms with Gasteiger partial charge in [0.2, 0.25) is 0 Å². The van der Waals surface area contributed by atoms with Gasteiger partial charge in [-0.25, -0.2) is 0 Å². The average Bonchev–Trinajstić information content (AvgIpc) is 2.16. The summed E-state index contributed by atoms with van der Waals surface area (Å²) in [5.74, 6) is -0.0231. The number of carbonyl (C=O) groups excluding carboxylic acids is 1. The predicted octanol–water partition coefficient (Wildman–Crippen LogP) is 1.58. The third-order valence-corrected chi connectivity index (χ3v) is 2.49. The highest BCUT2D eigenvalue weighted by atomic mass is 16.3. The molecule has 78 valence electrons. The zero-order valence-electron chi connectivity index (χ0n) is 8.60. The smallest absolute Gasteiger partial charge is 0.158 e. The van der Waals surface area contributed by atoms with E-state index in [1.807, 2.05) is 12.1 Å². The number of rotatable bonds is 1. The van der Waals surface area contributed by atoms with Crippen molar-refractivity contribution in [1.29, 1.82) is 0 Å². The van der Waals surface area contributed by atoms with E-state index in [2.05, 4.69) is 4.98 Å². The third-order valence-electron chi connectivity index (χ3n) is 2.49. The third kappa shape index (κ3) is 2.30. The van der Waals surface area contributed by atoms with Crippen LogP contribution in [0.25, 0.3) is 5.57 Å². The Kier molecular flexibility index (Phi) is 2.40. The first-order valence-electron chi connectivity index (χ1n) is 4.93. The monoisotopic (exact) mass is 203 g/mol. The molecule has 0 saturated heterocycles. The van der Waals surface area contributed by atoms with Crippen LogP contribution in [0.3, 0.4) is 0 Å². The first-order valence-corrected chi connectivity index (χ1v) is 4.93. The van der Waals surface area contributed by atoms with E-state index in [1.165, 1.54) is 0 Å². The van der Waals surface area contributed by atoms with E-state index in [0.717, 1.165) is 11.1 Å². The molecule has 0 saturated carbocycles. The molecular formula is C12H13NO2. The van der Waals surface area contributed by atoms with Crippen molar-refractivity contribution >= 4 is 11.4 Å². The summed E-state index contributed by atoms with van der Waals surface area (Å²) < 4.78 is 0. The highest BCUT2D eigenvalue weighted by Crippen LogP contribution is 2.31. The number of allylic oxidation sites excluding steroid dienone is 1. The Balaban J connectivity index is 2.35. The molecule has 3 nitrogen and oxygen atoms in total. The fraction of sp³-hybridized carbons (Fsp3) is 0.333. The lowest BCUT2D eigenvalue weighted by atomic mass is 9.83. The summed E-state index contributed by atoms with van der Waals surface area (Å²) in [6, 6.07) is 3.72. The molecule has 0 aromatic carbocycles. The molecule has 0 fully saturated rings. The molecule has 1 atom stereocenters. The molecule has 1 aromatic rings. The van der Waals surface area contributed by atoms with Crippen LogP contribution in [0.4, 0.5) is 0 Å². The van der Waals surface area contributed by atoms with Crippen molar-refractivity contribution in [3.05, 3.63) is 36.2 Å². The first-order chi connectivity index (χ1) is 7.07. The molecule has 1 aliphatic rings. The van der Waals surface area contributed by atoms with E-state index in [0.29, 0.717) is 6.42 Å². The Morgan fingerprint density at radius 1 is 1.47 bits per heavy atom. The number of hydrogen-bond donors (Lipinski definition) is 1. The Labute approximate surface area is 88.5 Å². The Bertz CT molecular complexity index is 407. The van der Waals surface area contributed by atoms with Gasteiger partial charge in [-0.1, -0.05) is 6.07 Å². The van der Waals surface area contributed by atoms with Crippen molar-refractivity contribution < 1.29 is 9.90 Å². The summed E-state index contributed by atoms with van der Waals surface area (Å²) in [5.41, 5.74) is 0.854. The van der Waals surface area contributed by atoms with Crippen LogP contribution in [0.15, 0.2) is 30.6 Å². The van der Waals surface area contributed by atoms with E-state index in [4.69, 9.17) is 0 Å². The van der Waals surface area contributed by atoms with Gasteiger partial charge < -0.3 is 5.11 Å². The Morgan fingerprint density at radius 2 is 2.27 bits per heavy atom. The fourth-order valence-electron chi connectivity index (χ4n) is 1.88. The van der Waals surface area contributed by atoms with E-state index in [9.17, 15) is 9.90 Å². The molecule has 2 rings (SSSR count). The molecule has 3 heteroatoms. The van der Waals surface area contributed by atoms with Gasteiger partial charge in [0, 0.05) is 25.2 Å². The number of carbonyl (C=O) groups is 1. The number of hydrogen-bond acceptors (Lipinski definition) is 3. The van der Waals surface area contributed by atoms with Crippen LogP contribution in [-0.2, 0) is 4.79 Å². The van der Waals surface area contributed by atoms with E-state index in [-0.39, 0.29) is 12.2 Å². The van der Waals surface area contributed by atoms with Crippen LogP contribution >= 0.6 is 0 Å². The molecule has 1 heterocycles. The van der Waals surface area contributed by atoms with Gasteiger partial charge in [0.25, 0.3) is 0 Å². The van der Waals surface area contributed by atoms with Crippen LogP contribution in [0.5, 0.6) is 0 Å². The summed E-state index contributed by atoms with van der Waals surface area (Å²) in [7, 11) is 0. The van der Waals surface area contributed by atoms with Crippen LogP contribution in [0.1, 0.15) is 25.3 Å². The second kappa shape index (κ2) is 3.59. The summed E-state index contributed by atoms with van der Waals surface area (Å²) in [5, 5.41) is 9.89. The standard InChI is InChI=1S/C12H13NO2/c1-12(15)6-10(5-11(14)7-12)9-3-2-4-13-8-9/h2-5,8,15H,6-7H2,1H3/t12-/m1/s1. The van der Waals surface area contributed by atoms with Crippen molar-refractivity contribution in [1.82, 2.24) is 4.98 Å². The summed E-state index contributed by atoms with van der Waals surface area (Å²) in [6.07, 6.45) is 5.71. The lowest BCUT2D eigenvalue weighted by molar-refractivity contribution is -0.119. The van der Waals surface area contributed by atoms with Gasteiger partial charge in [0.15, 0.2) is 5.78 Å². The summed E-state index contributed by atoms with van der Waals surface area (Å²) in [4.78, 5) is 15.4. The molecule has 0 bridgehead atoms. The molecule has 0 aliphatic heterocycles. The van der Waals surface area contributed by atoms with E-state index >= 15 is 0 Å². The minimum absolute atomic E-state index is 0.0231. The van der Waals surface area contributed by atoms with Gasteiger partial charge >= 0.3 is 0 Å². The van der Waals surface area contributed by atoms with Crippen LogP contribution < -0.4 is 0 Å². The Hall–Kier alpha value is -1.48. The highest BCUT2D eigenvalue weighted by Gasteiger charge is 2.29. The molecule has 0 unspecified atom stereocenters. The van der Waals surface area contributed by atoms with E-state index in [1.54, 1.807) is 25.4 Å². The maximum atomic E-state index is 11.4. The van der Waals surface area contributed by atoms with Crippen molar-refractivity contribution in [3.63, 3.8) is 0 Å². The topological polar surface area (TPSA) is 50.2 Å². The number of aromatic nitrogens is 1. The zero-order chi connectivity index (χ0) is 10.9. The molecule has 1 aromatic heterocycles. The number of ketones is 1. The maximum Gasteiger partial charge on any atom is 0.158 e. The van der Waals surface area contributed by atoms with Gasteiger partial charge in [-0.3, -0.25) is 9.78 Å². The van der Waals surface area contributed by atoms with Gasteiger partial charge in [0.05, 0.1) is 5.60 Å². The molecular weight excluding hydrogens is 190 g/mol. The summed E-state index contributed by atoms with van der Waals surface area (Å²) >= 11 is 0. The average molecular weight is 203 g/mol. The molecule has 1 N–H and O–H groups in total. The van der Waals surface area contributed by atoms with Crippen molar-refractivity contribution in [3.8, 4) is 0 Å². The van der Waals surface area contributed by atoms with Gasteiger partial charge in [0.1, 0.15) is 0 Å². The van der Waals surface area contributed by atoms with Crippen molar-refractivity contribution in [2.75, 3.05) is 0 Å². The van der Waals surface area contributed by atoms with Crippen LogP contribution in [0.2, 0.25) is 0 Å². The minimum atomic E-state index is -0.920. The van der Waals surface area contributed by atoms with Crippen molar-refractivity contribution in [2.24, 2.45) is 0 Å². The number of pyridine rings is 1. The normalized spacial score (nSPS) is 26.3. The largest absolute Gasteiger partial charge is 0.389 e. The highest BCUT2D eigenvalue weighted by molar-refractivity contribution is 5.99. The lowest BCUT2D eigenvalue weighted by Gasteiger charge is -2.27.